The first kappa shape index (κ1) is 24.0. The van der Waals surface area contributed by atoms with E-state index < -0.39 is 23.6 Å². The number of carbonyl (C=O) groups is 1. The summed E-state index contributed by atoms with van der Waals surface area (Å²) in [6.45, 7) is 9.00. The second-order valence-corrected chi connectivity index (χ2v) is 15.3. The Bertz CT molecular complexity index is 457. The van der Waals surface area contributed by atoms with Crippen molar-refractivity contribution >= 4 is 23.6 Å². The summed E-state index contributed by atoms with van der Waals surface area (Å²) in [6, 6.07) is 2.09. The van der Waals surface area contributed by atoms with Crippen LogP contribution in [0, 0.1) is 0 Å². The Balaban J connectivity index is 1.96. The molecule has 2 rings (SSSR count). The van der Waals surface area contributed by atoms with Gasteiger partial charge in [0.1, 0.15) is 5.35 Å². The van der Waals surface area contributed by atoms with Crippen molar-refractivity contribution in [3.8, 4) is 0 Å². The van der Waals surface area contributed by atoms with Gasteiger partial charge in [0.2, 0.25) is 0 Å². The molecule has 2 aliphatic rings. The fourth-order valence-corrected chi connectivity index (χ4v) is 10.5. The summed E-state index contributed by atoms with van der Waals surface area (Å²) in [6.07, 6.45) is 8.57. The maximum atomic E-state index is 11.1. The smallest absolute Gasteiger partial charge is 0.303 e. The van der Waals surface area contributed by atoms with Crippen LogP contribution in [-0.4, -0.2) is 77.5 Å². The molecule has 0 radical (unpaired) electrons. The third-order valence-electron chi connectivity index (χ3n) is 6.71. The number of nitrogens with zero attached hydrogens (tertiary/aromatic N) is 1. The predicted molar refractivity (Wildman–Crippen MR) is 119 cm³/mol. The minimum Gasteiger partial charge on any atom is -0.481 e. The number of rotatable bonds is 12. The quantitative estimate of drug-likeness (QED) is 0.462. The molecular weight excluding hydrogens is 388 g/mol. The van der Waals surface area contributed by atoms with Crippen LogP contribution in [0.15, 0.2) is 0 Å². The normalized spacial score (nSPS) is 28.2. The van der Waals surface area contributed by atoms with Crippen LogP contribution in [-0.2, 0) is 14.3 Å². The van der Waals surface area contributed by atoms with Gasteiger partial charge in [0.05, 0.1) is 17.6 Å². The van der Waals surface area contributed by atoms with E-state index in [1.807, 2.05) is 0 Å². The van der Waals surface area contributed by atoms with Gasteiger partial charge in [-0.3, -0.25) is 9.69 Å². The molecule has 2 fully saturated rings. The van der Waals surface area contributed by atoms with Crippen LogP contribution in [0.2, 0.25) is 25.2 Å². The molecule has 2 saturated heterocycles. The Hall–Kier alpha value is -0.256. The Morgan fingerprint density at radius 1 is 1.18 bits per heavy atom. The van der Waals surface area contributed by atoms with Crippen LogP contribution in [0.25, 0.3) is 0 Å². The number of hydrogen-bond donors (Lipinski definition) is 2. The van der Waals surface area contributed by atoms with E-state index in [1.54, 1.807) is 0 Å². The van der Waals surface area contributed by atoms with Gasteiger partial charge in [0, 0.05) is 45.0 Å². The van der Waals surface area contributed by atoms with Crippen molar-refractivity contribution in [2.75, 3.05) is 32.8 Å². The standard InChI is InChI=1S/C20H42N2O4Si2/c1-27(19-8-3-5-14-25-19)16-7-12-22(13-11-21)20(10-4-6-15-26-20)28(2)17-9-18(23)24/h19,27-28H,3-17,21H2,1-2H3,(H,23,24). The van der Waals surface area contributed by atoms with Gasteiger partial charge in [-0.1, -0.05) is 19.1 Å². The van der Waals surface area contributed by atoms with E-state index in [1.165, 1.54) is 38.1 Å². The molecule has 0 aliphatic carbocycles. The molecule has 0 bridgehead atoms. The lowest BCUT2D eigenvalue weighted by atomic mass is 10.1. The highest BCUT2D eigenvalue weighted by molar-refractivity contribution is 6.60. The average Bonchev–Trinajstić information content (AvgIpc) is 2.72. The lowest BCUT2D eigenvalue weighted by molar-refractivity contribution is -0.137. The summed E-state index contributed by atoms with van der Waals surface area (Å²) in [4.78, 5) is 13.6. The van der Waals surface area contributed by atoms with E-state index in [4.69, 9.17) is 20.3 Å². The molecule has 0 aromatic rings. The molecule has 4 unspecified atom stereocenters. The van der Waals surface area contributed by atoms with E-state index >= 15 is 0 Å². The van der Waals surface area contributed by atoms with E-state index in [9.17, 15) is 4.79 Å². The molecule has 2 heterocycles. The van der Waals surface area contributed by atoms with Crippen molar-refractivity contribution < 1.29 is 19.4 Å². The summed E-state index contributed by atoms with van der Waals surface area (Å²) >= 11 is 0. The van der Waals surface area contributed by atoms with Crippen LogP contribution in [0.3, 0.4) is 0 Å². The third-order valence-corrected chi connectivity index (χ3v) is 13.3. The summed E-state index contributed by atoms with van der Waals surface area (Å²) < 4.78 is 12.5. The highest BCUT2D eigenvalue weighted by Gasteiger charge is 2.44. The molecule has 3 N–H and O–H groups in total. The zero-order valence-corrected chi connectivity index (χ0v) is 20.3. The molecule has 0 aromatic heterocycles. The Morgan fingerprint density at radius 3 is 2.57 bits per heavy atom. The maximum absolute atomic E-state index is 11.1. The number of hydrogen-bond acceptors (Lipinski definition) is 5. The van der Waals surface area contributed by atoms with Crippen LogP contribution < -0.4 is 5.73 Å². The Kier molecular flexibility index (Phi) is 10.7. The summed E-state index contributed by atoms with van der Waals surface area (Å²) in [5, 5.41) is 8.94. The molecule has 0 saturated carbocycles. The van der Waals surface area contributed by atoms with Crippen molar-refractivity contribution in [1.82, 2.24) is 4.90 Å². The molecule has 28 heavy (non-hydrogen) atoms. The molecule has 8 heteroatoms. The second-order valence-electron chi connectivity index (χ2n) is 8.78. The monoisotopic (exact) mass is 430 g/mol. The topological polar surface area (TPSA) is 85.0 Å². The zero-order valence-electron chi connectivity index (χ0n) is 18.0. The van der Waals surface area contributed by atoms with E-state index in [0.717, 1.165) is 45.2 Å². The molecule has 0 spiro atoms. The zero-order chi connectivity index (χ0) is 20.4. The molecule has 0 aromatic carbocycles. The van der Waals surface area contributed by atoms with Gasteiger partial charge in [-0.15, -0.1) is 0 Å². The SMILES string of the molecule is C[SiH](CCCN(CCN)C1([SiH](C)CCC(=O)O)CCCCO1)C1CCCCO1. The Labute approximate surface area is 174 Å². The number of nitrogens with two attached hydrogens (primary N) is 1. The van der Waals surface area contributed by atoms with Gasteiger partial charge < -0.3 is 20.3 Å². The highest BCUT2D eigenvalue weighted by Crippen LogP contribution is 2.34. The van der Waals surface area contributed by atoms with E-state index in [0.29, 0.717) is 12.3 Å². The molecule has 4 atom stereocenters. The van der Waals surface area contributed by atoms with Crippen molar-refractivity contribution in [1.29, 1.82) is 0 Å². The fraction of sp³-hybridized carbons (Fsp3) is 0.950. The van der Waals surface area contributed by atoms with Crippen molar-refractivity contribution in [3.05, 3.63) is 0 Å². The molecular formula is C20H42N2O4Si2. The number of carboxylic acid groups (broad SMARTS) is 1. The first-order valence-electron chi connectivity index (χ1n) is 11.4. The number of ether oxygens (including phenoxy) is 2. The predicted octanol–water partition coefficient (Wildman–Crippen LogP) is 2.37. The minimum atomic E-state index is -1.41. The molecule has 164 valence electrons. The Morgan fingerprint density at radius 2 is 1.96 bits per heavy atom. The molecule has 6 nitrogen and oxygen atoms in total. The lowest BCUT2D eigenvalue weighted by Crippen LogP contribution is -2.62. The van der Waals surface area contributed by atoms with Gasteiger partial charge in [0.15, 0.2) is 0 Å². The van der Waals surface area contributed by atoms with Crippen molar-refractivity contribution in [2.45, 2.75) is 87.6 Å². The van der Waals surface area contributed by atoms with Crippen LogP contribution in [0.4, 0.5) is 0 Å². The van der Waals surface area contributed by atoms with Crippen LogP contribution in [0.1, 0.15) is 51.4 Å². The van der Waals surface area contributed by atoms with Gasteiger partial charge in [-0.05, 0) is 51.0 Å². The summed E-state index contributed by atoms with van der Waals surface area (Å²) in [5.41, 5.74) is 6.53. The van der Waals surface area contributed by atoms with Gasteiger partial charge in [-0.25, -0.2) is 0 Å². The third kappa shape index (κ3) is 6.91. The van der Waals surface area contributed by atoms with Crippen molar-refractivity contribution in [3.63, 3.8) is 0 Å². The van der Waals surface area contributed by atoms with Gasteiger partial charge in [0.25, 0.3) is 0 Å². The molecule has 2 aliphatic heterocycles. The van der Waals surface area contributed by atoms with Gasteiger partial charge >= 0.3 is 5.97 Å². The first-order valence-corrected chi connectivity index (χ1v) is 16.6. The average molecular weight is 431 g/mol. The maximum Gasteiger partial charge on any atom is 0.303 e. The summed E-state index contributed by atoms with van der Waals surface area (Å²) in [5.74, 6) is -0.692. The molecule has 0 amide bonds. The lowest BCUT2D eigenvalue weighted by Gasteiger charge is -2.49. The van der Waals surface area contributed by atoms with Gasteiger partial charge in [-0.2, -0.15) is 0 Å². The second kappa shape index (κ2) is 12.4. The van der Waals surface area contributed by atoms with Crippen LogP contribution >= 0.6 is 0 Å². The van der Waals surface area contributed by atoms with E-state index in [-0.39, 0.29) is 11.8 Å². The first-order chi connectivity index (χ1) is 13.5. The minimum absolute atomic E-state index is 0.209. The number of carboxylic acids is 1. The van der Waals surface area contributed by atoms with E-state index in [2.05, 4.69) is 18.0 Å². The fourth-order valence-electron chi connectivity index (χ4n) is 4.97. The highest BCUT2D eigenvalue weighted by atomic mass is 28.3. The van der Waals surface area contributed by atoms with Crippen molar-refractivity contribution in [2.24, 2.45) is 5.73 Å². The largest absolute Gasteiger partial charge is 0.481 e. The number of aliphatic carboxylic acids is 1. The summed E-state index contributed by atoms with van der Waals surface area (Å²) in [7, 11) is -2.27. The van der Waals surface area contributed by atoms with Crippen LogP contribution in [0.5, 0.6) is 0 Å².